The minimum absolute atomic E-state index is 0.176. The number of hydrogen-bond donors (Lipinski definition) is 0. The Labute approximate surface area is 193 Å². The van der Waals surface area contributed by atoms with Crippen molar-refractivity contribution in [3.63, 3.8) is 0 Å². The van der Waals surface area contributed by atoms with E-state index in [-0.39, 0.29) is 12.2 Å². The molecule has 0 saturated carbocycles. The summed E-state index contributed by atoms with van der Waals surface area (Å²) in [6.45, 7) is 1.35. The largest absolute Gasteiger partial charge is 0.493 e. The Morgan fingerprint density at radius 3 is 1.42 bits per heavy atom. The molecule has 7 nitrogen and oxygen atoms in total. The van der Waals surface area contributed by atoms with Crippen LogP contribution in [0.25, 0.3) is 12.2 Å². The lowest BCUT2D eigenvalue weighted by Crippen LogP contribution is -2.23. The number of methoxy groups -OCH3 is 4. The van der Waals surface area contributed by atoms with Crippen LogP contribution in [0.4, 0.5) is 0 Å². The van der Waals surface area contributed by atoms with Gasteiger partial charge in [0.2, 0.25) is 0 Å². The molecule has 0 radical (unpaired) electrons. The van der Waals surface area contributed by atoms with E-state index in [2.05, 4.69) is 0 Å². The number of ketones is 3. The van der Waals surface area contributed by atoms with Crippen molar-refractivity contribution in [1.82, 2.24) is 0 Å². The van der Waals surface area contributed by atoms with Crippen LogP contribution in [0, 0.1) is 5.92 Å². The fourth-order valence-electron chi connectivity index (χ4n) is 3.13. The van der Waals surface area contributed by atoms with Gasteiger partial charge in [0, 0.05) is 6.42 Å². The van der Waals surface area contributed by atoms with Crippen molar-refractivity contribution in [2.75, 3.05) is 28.4 Å². The summed E-state index contributed by atoms with van der Waals surface area (Å²) in [5.41, 5.74) is 1.38. The summed E-state index contributed by atoms with van der Waals surface area (Å²) in [6, 6.07) is 10.4. The molecule has 2 rings (SSSR count). The highest BCUT2D eigenvalue weighted by atomic mass is 16.5. The molecule has 0 bridgehead atoms. The second-order valence-corrected chi connectivity index (χ2v) is 7.16. The summed E-state index contributed by atoms with van der Waals surface area (Å²) >= 11 is 0. The van der Waals surface area contributed by atoms with E-state index in [1.54, 1.807) is 48.6 Å². The second kappa shape index (κ2) is 12.2. The maximum atomic E-state index is 12.8. The topological polar surface area (TPSA) is 88.1 Å². The van der Waals surface area contributed by atoms with Crippen molar-refractivity contribution in [3.8, 4) is 23.0 Å². The highest BCUT2D eigenvalue weighted by molar-refractivity contribution is 6.15. The van der Waals surface area contributed by atoms with Crippen molar-refractivity contribution in [3.05, 3.63) is 59.7 Å². The molecule has 0 atom stereocenters. The quantitative estimate of drug-likeness (QED) is 0.353. The summed E-state index contributed by atoms with van der Waals surface area (Å²) < 4.78 is 20.9. The molecule has 0 N–H and O–H groups in total. The van der Waals surface area contributed by atoms with Crippen LogP contribution in [-0.4, -0.2) is 45.8 Å². The Morgan fingerprint density at radius 2 is 1.09 bits per heavy atom. The Balaban J connectivity index is 2.21. The van der Waals surface area contributed by atoms with Gasteiger partial charge >= 0.3 is 0 Å². The van der Waals surface area contributed by atoms with E-state index in [4.69, 9.17) is 18.9 Å². The molecule has 7 heteroatoms. The molecule has 2 aromatic rings. The summed E-state index contributed by atoms with van der Waals surface area (Å²) in [5, 5.41) is 0. The first-order valence-corrected chi connectivity index (χ1v) is 10.2. The molecule has 33 heavy (non-hydrogen) atoms. The van der Waals surface area contributed by atoms with Crippen molar-refractivity contribution in [1.29, 1.82) is 0 Å². The molecular weight excluding hydrogens is 424 g/mol. The van der Waals surface area contributed by atoms with Crippen LogP contribution in [0.1, 0.15) is 24.5 Å². The number of rotatable bonds is 12. The molecular formula is C26H28O7. The van der Waals surface area contributed by atoms with Gasteiger partial charge in [-0.3, -0.25) is 14.4 Å². The van der Waals surface area contributed by atoms with Crippen LogP contribution < -0.4 is 18.9 Å². The third kappa shape index (κ3) is 7.07. The molecule has 174 valence electrons. The van der Waals surface area contributed by atoms with Crippen LogP contribution in [0.5, 0.6) is 23.0 Å². The van der Waals surface area contributed by atoms with Crippen LogP contribution in [-0.2, 0) is 14.4 Å². The SMILES string of the molecule is COc1ccc(/C=C/C(=O)C(CC(C)=O)C(=O)/C=C/c2ccc(OC)c(OC)c2)cc1OC. The van der Waals surface area contributed by atoms with Gasteiger partial charge in [-0.05, 0) is 54.5 Å². The second-order valence-electron chi connectivity index (χ2n) is 7.16. The van der Waals surface area contributed by atoms with Crippen molar-refractivity contribution >= 4 is 29.5 Å². The molecule has 0 unspecified atom stereocenters. The number of Topliss-reactive ketones (excluding diaryl/α,β-unsaturated/α-hetero) is 1. The highest BCUT2D eigenvalue weighted by Gasteiger charge is 2.24. The van der Waals surface area contributed by atoms with E-state index in [0.29, 0.717) is 34.1 Å². The van der Waals surface area contributed by atoms with Gasteiger partial charge in [-0.2, -0.15) is 0 Å². The van der Waals surface area contributed by atoms with Gasteiger partial charge in [0.15, 0.2) is 34.6 Å². The van der Waals surface area contributed by atoms with Gasteiger partial charge in [-0.25, -0.2) is 0 Å². The average molecular weight is 453 g/mol. The molecule has 0 spiro atoms. The van der Waals surface area contributed by atoms with E-state index in [1.807, 2.05) is 0 Å². The zero-order valence-corrected chi connectivity index (χ0v) is 19.4. The highest BCUT2D eigenvalue weighted by Crippen LogP contribution is 2.29. The molecule has 0 aromatic heterocycles. The maximum Gasteiger partial charge on any atom is 0.166 e. The maximum absolute atomic E-state index is 12.8. The van der Waals surface area contributed by atoms with Gasteiger partial charge < -0.3 is 18.9 Å². The average Bonchev–Trinajstić information content (AvgIpc) is 2.83. The molecule has 0 saturated heterocycles. The minimum Gasteiger partial charge on any atom is -0.493 e. The lowest BCUT2D eigenvalue weighted by Gasteiger charge is -2.10. The van der Waals surface area contributed by atoms with Crippen molar-refractivity contribution in [2.45, 2.75) is 13.3 Å². The van der Waals surface area contributed by atoms with Gasteiger partial charge in [0.25, 0.3) is 0 Å². The summed E-state index contributed by atoms with van der Waals surface area (Å²) in [4.78, 5) is 37.3. The number of hydrogen-bond acceptors (Lipinski definition) is 7. The van der Waals surface area contributed by atoms with E-state index in [9.17, 15) is 14.4 Å². The first kappa shape index (κ1) is 25.4. The predicted octanol–water partition coefficient (Wildman–Crippen LogP) is 4.18. The monoisotopic (exact) mass is 452 g/mol. The fraction of sp³-hybridized carbons (Fsp3) is 0.269. The number of carbonyl (C=O) groups excluding carboxylic acids is 3. The molecule has 2 aromatic carbocycles. The predicted molar refractivity (Wildman–Crippen MR) is 126 cm³/mol. The zero-order valence-electron chi connectivity index (χ0n) is 19.4. The Morgan fingerprint density at radius 1 is 0.697 bits per heavy atom. The molecule has 0 amide bonds. The summed E-state index contributed by atoms with van der Waals surface area (Å²) in [6.07, 6.45) is 5.57. The number of ether oxygens (including phenoxy) is 4. The van der Waals surface area contributed by atoms with Gasteiger partial charge in [0.05, 0.1) is 34.4 Å². The summed E-state index contributed by atoms with van der Waals surface area (Å²) in [7, 11) is 6.10. The van der Waals surface area contributed by atoms with Crippen LogP contribution in [0.3, 0.4) is 0 Å². The molecule has 0 aliphatic heterocycles. The standard InChI is InChI=1S/C26H28O7/c1-17(27)14-20(21(28)10-6-18-8-12-23(30-2)25(15-18)32-4)22(29)11-7-19-9-13-24(31-3)26(16-19)33-5/h6-13,15-16,20H,14H2,1-5H3/b10-6+,11-7+. The number of carbonyl (C=O) groups is 3. The first-order chi connectivity index (χ1) is 15.8. The lowest BCUT2D eigenvalue weighted by molar-refractivity contribution is -0.131. The zero-order chi connectivity index (χ0) is 24.4. The van der Waals surface area contributed by atoms with Crippen LogP contribution in [0.2, 0.25) is 0 Å². The normalized spacial score (nSPS) is 11.1. The Hall–Kier alpha value is -3.87. The van der Waals surface area contributed by atoms with Crippen molar-refractivity contribution < 1.29 is 33.3 Å². The minimum atomic E-state index is -1.10. The number of allylic oxidation sites excluding steroid dienone is 2. The first-order valence-electron chi connectivity index (χ1n) is 10.2. The van der Waals surface area contributed by atoms with Crippen molar-refractivity contribution in [2.24, 2.45) is 5.92 Å². The van der Waals surface area contributed by atoms with E-state index >= 15 is 0 Å². The summed E-state index contributed by atoms with van der Waals surface area (Å²) in [5.74, 6) is -0.112. The van der Waals surface area contributed by atoms with E-state index in [1.165, 1.54) is 47.5 Å². The molecule has 0 aliphatic rings. The number of benzene rings is 2. The smallest absolute Gasteiger partial charge is 0.166 e. The van der Waals surface area contributed by atoms with E-state index in [0.717, 1.165) is 0 Å². The van der Waals surface area contributed by atoms with Gasteiger partial charge in [-0.1, -0.05) is 24.3 Å². The van der Waals surface area contributed by atoms with Gasteiger partial charge in [-0.15, -0.1) is 0 Å². The Kier molecular flexibility index (Phi) is 9.42. The van der Waals surface area contributed by atoms with Crippen LogP contribution >= 0.6 is 0 Å². The molecule has 0 heterocycles. The van der Waals surface area contributed by atoms with E-state index < -0.39 is 17.5 Å². The third-order valence-electron chi connectivity index (χ3n) is 4.87. The molecule has 0 aliphatic carbocycles. The third-order valence-corrected chi connectivity index (χ3v) is 4.87. The molecule has 0 fully saturated rings. The lowest BCUT2D eigenvalue weighted by atomic mass is 9.92. The van der Waals surface area contributed by atoms with Crippen LogP contribution in [0.15, 0.2) is 48.6 Å². The van der Waals surface area contributed by atoms with Gasteiger partial charge in [0.1, 0.15) is 5.78 Å². The Bertz CT molecular complexity index is 989. The fourth-order valence-corrected chi connectivity index (χ4v) is 3.13.